The van der Waals surface area contributed by atoms with Gasteiger partial charge in [-0.3, -0.25) is 9.59 Å². The molecular formula is C23H26Cl2F3NO3. The number of ether oxygens (including phenoxy) is 1. The van der Waals surface area contributed by atoms with E-state index in [4.69, 9.17) is 27.9 Å². The van der Waals surface area contributed by atoms with Gasteiger partial charge >= 0.3 is 12.1 Å². The Hall–Kier alpha value is -1.99. The minimum absolute atomic E-state index is 0.135. The third kappa shape index (κ3) is 6.75. The molecule has 0 radical (unpaired) electrons. The highest BCUT2D eigenvalue weighted by Gasteiger charge is 2.46. The van der Waals surface area contributed by atoms with Gasteiger partial charge in [-0.25, -0.2) is 0 Å². The molecule has 0 fully saturated rings. The Kier molecular flexibility index (Phi) is 9.22. The lowest BCUT2D eigenvalue weighted by atomic mass is 9.78. The van der Waals surface area contributed by atoms with Gasteiger partial charge in [0, 0.05) is 5.03 Å². The molecule has 9 heteroatoms. The lowest BCUT2D eigenvalue weighted by Crippen LogP contribution is -2.40. The molecule has 2 unspecified atom stereocenters. The lowest BCUT2D eigenvalue weighted by Gasteiger charge is -2.31. The van der Waals surface area contributed by atoms with Crippen LogP contribution in [-0.2, 0) is 14.3 Å². The molecule has 1 aliphatic carbocycles. The summed E-state index contributed by atoms with van der Waals surface area (Å²) in [5.41, 5.74) is 0.926. The summed E-state index contributed by atoms with van der Waals surface area (Å²) < 4.78 is 45.4. The molecule has 4 nitrogen and oxygen atoms in total. The standard InChI is InChI=1S/C23H26Cl2F3NO3/c1-4-14(12-20(30)32-3)16-7-10-18(25)19(11-16)29-22(31)21(13(2)23(26,27)28)15-5-8-17(24)9-6-15/h5,7-11,13-15,21H,4,6,12H2,1-3H3,(H,29,31)/t13-,14?,15?,21+/m1/s1. The summed E-state index contributed by atoms with van der Waals surface area (Å²) in [4.78, 5) is 24.8. The van der Waals surface area contributed by atoms with Crippen LogP contribution in [0.5, 0.6) is 0 Å². The monoisotopic (exact) mass is 491 g/mol. The number of esters is 1. The summed E-state index contributed by atoms with van der Waals surface area (Å²) in [7, 11) is 1.30. The second kappa shape index (κ2) is 11.2. The number of hydrogen-bond acceptors (Lipinski definition) is 3. The van der Waals surface area contributed by atoms with Crippen molar-refractivity contribution in [3.05, 3.63) is 52.0 Å². The highest BCUT2D eigenvalue weighted by Crippen LogP contribution is 2.40. The van der Waals surface area contributed by atoms with Crippen LogP contribution in [0.25, 0.3) is 0 Å². The molecule has 4 atom stereocenters. The Balaban J connectivity index is 2.32. The average Bonchev–Trinajstić information content (AvgIpc) is 2.74. The zero-order valence-electron chi connectivity index (χ0n) is 18.0. The van der Waals surface area contributed by atoms with Gasteiger partial charge in [0.25, 0.3) is 0 Å². The number of benzene rings is 1. The van der Waals surface area contributed by atoms with Gasteiger partial charge in [-0.15, -0.1) is 0 Å². The van der Waals surface area contributed by atoms with Crippen LogP contribution in [0.2, 0.25) is 5.02 Å². The predicted octanol–water partition coefficient (Wildman–Crippen LogP) is 6.85. The number of carbonyl (C=O) groups is 2. The van der Waals surface area contributed by atoms with Gasteiger partial charge in [0.05, 0.1) is 36.1 Å². The van der Waals surface area contributed by atoms with Crippen molar-refractivity contribution in [3.63, 3.8) is 0 Å². The third-order valence-electron chi connectivity index (χ3n) is 5.76. The number of amides is 1. The average molecular weight is 492 g/mol. The molecule has 0 aromatic heterocycles. The fourth-order valence-electron chi connectivity index (χ4n) is 3.76. The Morgan fingerprint density at radius 1 is 1.28 bits per heavy atom. The maximum atomic E-state index is 13.6. The van der Waals surface area contributed by atoms with Crippen LogP contribution in [0.15, 0.2) is 41.5 Å². The Morgan fingerprint density at radius 2 is 1.97 bits per heavy atom. The number of nitrogens with one attached hydrogen (secondary N) is 1. The van der Waals surface area contributed by atoms with Gasteiger partial charge in [0.15, 0.2) is 0 Å². The number of hydrogen-bond donors (Lipinski definition) is 1. The van der Waals surface area contributed by atoms with Crippen molar-refractivity contribution in [2.45, 2.75) is 45.2 Å². The topological polar surface area (TPSA) is 55.4 Å². The number of anilines is 1. The molecular weight excluding hydrogens is 466 g/mol. The summed E-state index contributed by atoms with van der Waals surface area (Å²) >= 11 is 12.1. The molecule has 0 saturated carbocycles. The van der Waals surface area contributed by atoms with Crippen LogP contribution in [0.1, 0.15) is 44.6 Å². The van der Waals surface area contributed by atoms with Crippen molar-refractivity contribution in [3.8, 4) is 0 Å². The fourth-order valence-corrected chi connectivity index (χ4v) is 4.09. The van der Waals surface area contributed by atoms with E-state index in [0.717, 1.165) is 12.5 Å². The number of methoxy groups -OCH3 is 1. The SMILES string of the molecule is CCC(CC(=O)OC)c1ccc(Cl)c(NC(=O)[C@H](C2C=CC(Cl)=CC2)[C@@H](C)C(F)(F)F)c1. The van der Waals surface area contributed by atoms with E-state index >= 15 is 0 Å². The van der Waals surface area contributed by atoms with E-state index in [9.17, 15) is 22.8 Å². The molecule has 32 heavy (non-hydrogen) atoms. The summed E-state index contributed by atoms with van der Waals surface area (Å²) in [6, 6.07) is 4.87. The molecule has 0 spiro atoms. The van der Waals surface area contributed by atoms with Gasteiger partial charge in [-0.1, -0.05) is 55.3 Å². The third-order valence-corrected chi connectivity index (χ3v) is 6.37. The molecule has 0 saturated heterocycles. The highest BCUT2D eigenvalue weighted by molar-refractivity contribution is 6.33. The van der Waals surface area contributed by atoms with Crippen molar-refractivity contribution in [1.29, 1.82) is 0 Å². The summed E-state index contributed by atoms with van der Waals surface area (Å²) in [6.45, 7) is 2.90. The summed E-state index contributed by atoms with van der Waals surface area (Å²) in [5.74, 6) is -5.27. The molecule has 0 heterocycles. The number of carbonyl (C=O) groups excluding carboxylic acids is 2. The zero-order chi connectivity index (χ0) is 24.1. The molecule has 176 valence electrons. The van der Waals surface area contributed by atoms with Gasteiger partial charge < -0.3 is 10.1 Å². The van der Waals surface area contributed by atoms with Crippen LogP contribution >= 0.6 is 23.2 Å². The van der Waals surface area contributed by atoms with Crippen LogP contribution in [-0.4, -0.2) is 25.2 Å². The first-order valence-corrected chi connectivity index (χ1v) is 11.0. The van der Waals surface area contributed by atoms with E-state index < -0.39 is 29.8 Å². The second-order valence-electron chi connectivity index (χ2n) is 7.82. The molecule has 1 amide bonds. The number of rotatable bonds is 8. The predicted molar refractivity (Wildman–Crippen MR) is 120 cm³/mol. The first-order valence-electron chi connectivity index (χ1n) is 10.3. The lowest BCUT2D eigenvalue weighted by molar-refractivity contribution is -0.188. The molecule has 1 aromatic rings. The van der Waals surface area contributed by atoms with Crippen LogP contribution in [0, 0.1) is 17.8 Å². The summed E-state index contributed by atoms with van der Waals surface area (Å²) in [6.07, 6.45) is 1.07. The van der Waals surface area contributed by atoms with Crippen LogP contribution in [0.4, 0.5) is 18.9 Å². The van der Waals surface area contributed by atoms with Gasteiger partial charge in [-0.05, 0) is 48.4 Å². The van der Waals surface area contributed by atoms with E-state index in [-0.39, 0.29) is 35.4 Å². The Bertz CT molecular complexity index is 899. The first-order chi connectivity index (χ1) is 15.0. The van der Waals surface area contributed by atoms with E-state index in [1.165, 1.54) is 19.3 Å². The maximum Gasteiger partial charge on any atom is 0.392 e. The largest absolute Gasteiger partial charge is 0.469 e. The molecule has 0 aliphatic heterocycles. The minimum Gasteiger partial charge on any atom is -0.469 e. The Labute approximate surface area is 195 Å². The second-order valence-corrected chi connectivity index (χ2v) is 8.66. The molecule has 1 aliphatic rings. The smallest absolute Gasteiger partial charge is 0.392 e. The van der Waals surface area contributed by atoms with Crippen LogP contribution in [0.3, 0.4) is 0 Å². The maximum absolute atomic E-state index is 13.6. The van der Waals surface area contributed by atoms with Crippen molar-refractivity contribution >= 4 is 40.8 Å². The Morgan fingerprint density at radius 3 is 2.50 bits per heavy atom. The summed E-state index contributed by atoms with van der Waals surface area (Å²) in [5, 5.41) is 3.20. The van der Waals surface area contributed by atoms with Crippen molar-refractivity contribution in [2.75, 3.05) is 12.4 Å². The number of halogens is 5. The van der Waals surface area contributed by atoms with E-state index in [1.54, 1.807) is 24.3 Å². The molecule has 1 aromatic carbocycles. The first kappa shape index (κ1) is 26.3. The van der Waals surface area contributed by atoms with Gasteiger partial charge in [0.1, 0.15) is 0 Å². The van der Waals surface area contributed by atoms with Crippen molar-refractivity contribution in [1.82, 2.24) is 0 Å². The zero-order valence-corrected chi connectivity index (χ0v) is 19.5. The van der Waals surface area contributed by atoms with E-state index in [0.29, 0.717) is 11.5 Å². The van der Waals surface area contributed by atoms with Crippen molar-refractivity contribution < 1.29 is 27.5 Å². The minimum atomic E-state index is -4.56. The van der Waals surface area contributed by atoms with E-state index in [1.807, 2.05) is 6.92 Å². The highest BCUT2D eigenvalue weighted by atomic mass is 35.5. The molecule has 1 N–H and O–H groups in total. The van der Waals surface area contributed by atoms with E-state index in [2.05, 4.69) is 5.32 Å². The molecule has 2 rings (SSSR count). The number of allylic oxidation sites excluding steroid dienone is 4. The van der Waals surface area contributed by atoms with Crippen molar-refractivity contribution in [2.24, 2.45) is 17.8 Å². The van der Waals surface area contributed by atoms with Crippen LogP contribution < -0.4 is 5.32 Å². The van der Waals surface area contributed by atoms with Gasteiger partial charge in [0.2, 0.25) is 5.91 Å². The quantitative estimate of drug-likeness (QED) is 0.404. The number of alkyl halides is 3. The molecule has 0 bridgehead atoms. The fraction of sp³-hybridized carbons (Fsp3) is 0.478. The normalized spacial score (nSPS) is 19.0. The van der Waals surface area contributed by atoms with Gasteiger partial charge in [-0.2, -0.15) is 13.2 Å².